The fourth-order valence-corrected chi connectivity index (χ4v) is 5.95. The monoisotopic (exact) mass is 405 g/mol. The molecule has 0 aliphatic carbocycles. The molecular formula is C15H23N3O6S2. The Balaban J connectivity index is 1.86. The van der Waals surface area contributed by atoms with E-state index in [4.69, 9.17) is 9.47 Å². The van der Waals surface area contributed by atoms with Gasteiger partial charge in [0.15, 0.2) is 0 Å². The molecule has 3 rings (SSSR count). The summed E-state index contributed by atoms with van der Waals surface area (Å²) in [7, 11) is -2.97. The number of hydrogen-bond donors (Lipinski definition) is 0. The molecule has 26 heavy (non-hydrogen) atoms. The maximum atomic E-state index is 12.9. The van der Waals surface area contributed by atoms with Crippen LogP contribution in [0.5, 0.6) is 5.75 Å². The number of hydrogen-bond acceptors (Lipinski definition) is 6. The summed E-state index contributed by atoms with van der Waals surface area (Å²) >= 11 is 0. The van der Waals surface area contributed by atoms with Gasteiger partial charge in [0.25, 0.3) is 10.2 Å². The van der Waals surface area contributed by atoms with E-state index in [0.717, 1.165) is 4.31 Å². The third-order valence-electron chi connectivity index (χ3n) is 4.67. The number of sulfonamides is 1. The number of nitrogens with zero attached hydrogens (tertiary/aromatic N) is 3. The van der Waals surface area contributed by atoms with Gasteiger partial charge in [-0.2, -0.15) is 21.3 Å². The second-order valence-corrected chi connectivity index (χ2v) is 10.4. The van der Waals surface area contributed by atoms with Crippen molar-refractivity contribution in [3.8, 4) is 5.75 Å². The van der Waals surface area contributed by atoms with Crippen molar-refractivity contribution in [3.63, 3.8) is 0 Å². The number of methoxy groups -OCH3 is 1. The summed E-state index contributed by atoms with van der Waals surface area (Å²) in [5, 5.41) is 0. The lowest BCUT2D eigenvalue weighted by Gasteiger charge is -2.37. The van der Waals surface area contributed by atoms with Crippen LogP contribution in [-0.4, -0.2) is 89.3 Å². The maximum absolute atomic E-state index is 12.9. The molecule has 0 amide bonds. The molecule has 1 aromatic rings. The van der Waals surface area contributed by atoms with E-state index in [0.29, 0.717) is 5.75 Å². The van der Waals surface area contributed by atoms with Crippen molar-refractivity contribution < 1.29 is 26.3 Å². The van der Waals surface area contributed by atoms with Gasteiger partial charge in [-0.3, -0.25) is 0 Å². The van der Waals surface area contributed by atoms with Gasteiger partial charge in [-0.1, -0.05) is 0 Å². The summed E-state index contributed by atoms with van der Waals surface area (Å²) in [6.45, 7) is 0.632. The summed E-state index contributed by atoms with van der Waals surface area (Å²) in [6, 6.07) is 5.57. The zero-order valence-electron chi connectivity index (χ0n) is 14.9. The van der Waals surface area contributed by atoms with Gasteiger partial charge in [-0.25, -0.2) is 8.42 Å². The van der Waals surface area contributed by atoms with Crippen LogP contribution in [0.4, 0.5) is 0 Å². The Bertz CT molecular complexity index is 854. The molecule has 0 aromatic heterocycles. The molecule has 2 aliphatic rings. The van der Waals surface area contributed by atoms with Gasteiger partial charge < -0.3 is 9.47 Å². The van der Waals surface area contributed by atoms with Gasteiger partial charge in [0.2, 0.25) is 10.0 Å². The van der Waals surface area contributed by atoms with Gasteiger partial charge in [0.1, 0.15) is 5.75 Å². The fraction of sp³-hybridized carbons (Fsp3) is 0.600. The molecule has 0 spiro atoms. The van der Waals surface area contributed by atoms with Crippen LogP contribution in [0, 0.1) is 0 Å². The Morgan fingerprint density at radius 2 is 1.77 bits per heavy atom. The van der Waals surface area contributed by atoms with Crippen molar-refractivity contribution >= 4 is 20.2 Å². The quantitative estimate of drug-likeness (QED) is 0.660. The summed E-state index contributed by atoms with van der Waals surface area (Å²) < 4.78 is 65.4. The minimum absolute atomic E-state index is 0.0616. The van der Waals surface area contributed by atoms with E-state index < -0.39 is 32.4 Å². The Morgan fingerprint density at radius 3 is 2.35 bits per heavy atom. The zero-order valence-corrected chi connectivity index (χ0v) is 16.5. The molecule has 0 N–H and O–H groups in total. The van der Waals surface area contributed by atoms with E-state index in [-0.39, 0.29) is 31.1 Å². The van der Waals surface area contributed by atoms with Crippen molar-refractivity contribution in [2.75, 3.05) is 47.4 Å². The van der Waals surface area contributed by atoms with Gasteiger partial charge in [-0.15, -0.1) is 0 Å². The third kappa shape index (κ3) is 3.35. The van der Waals surface area contributed by atoms with Crippen molar-refractivity contribution in [1.29, 1.82) is 0 Å². The number of morpholine rings is 1. The van der Waals surface area contributed by atoms with Crippen molar-refractivity contribution in [2.24, 2.45) is 0 Å². The number of benzene rings is 1. The highest BCUT2D eigenvalue weighted by Gasteiger charge is 2.48. The summed E-state index contributed by atoms with van der Waals surface area (Å²) in [5.74, 6) is 0.561. The Morgan fingerprint density at radius 1 is 1.12 bits per heavy atom. The molecule has 9 nitrogen and oxygen atoms in total. The molecule has 11 heteroatoms. The zero-order chi connectivity index (χ0) is 19.1. The highest BCUT2D eigenvalue weighted by molar-refractivity contribution is 7.89. The molecule has 0 radical (unpaired) electrons. The topological polar surface area (TPSA) is 96.5 Å². The molecular weight excluding hydrogens is 382 g/mol. The van der Waals surface area contributed by atoms with Crippen LogP contribution < -0.4 is 4.74 Å². The second-order valence-electron chi connectivity index (χ2n) is 6.38. The molecule has 0 unspecified atom stereocenters. The van der Waals surface area contributed by atoms with E-state index in [2.05, 4.69) is 0 Å². The minimum Gasteiger partial charge on any atom is -0.497 e. The predicted octanol–water partition coefficient (Wildman–Crippen LogP) is -0.425. The van der Waals surface area contributed by atoms with Crippen molar-refractivity contribution in [1.82, 2.24) is 12.9 Å². The van der Waals surface area contributed by atoms with Crippen molar-refractivity contribution in [3.05, 3.63) is 24.3 Å². The lowest BCUT2D eigenvalue weighted by molar-refractivity contribution is -0.0169. The SMILES string of the molecule is COc1ccc(S(=O)(=O)N2C[C@@H]3OCCN(S(=O)(=O)N(C)C)[C@@H]3C2)cc1. The Kier molecular flexibility index (Phi) is 5.30. The summed E-state index contributed by atoms with van der Waals surface area (Å²) in [5.41, 5.74) is 0. The summed E-state index contributed by atoms with van der Waals surface area (Å²) in [6.07, 6.45) is -0.480. The van der Waals surface area contributed by atoms with Crippen LogP contribution in [-0.2, 0) is 25.0 Å². The van der Waals surface area contributed by atoms with Crippen LogP contribution >= 0.6 is 0 Å². The highest BCUT2D eigenvalue weighted by Crippen LogP contribution is 2.30. The molecule has 1 aromatic carbocycles. The highest BCUT2D eigenvalue weighted by atomic mass is 32.2. The van der Waals surface area contributed by atoms with E-state index >= 15 is 0 Å². The van der Waals surface area contributed by atoms with Crippen LogP contribution in [0.2, 0.25) is 0 Å². The fourth-order valence-electron chi connectivity index (χ4n) is 3.21. The molecule has 2 heterocycles. The Labute approximate surface area is 154 Å². The van der Waals surface area contributed by atoms with Crippen LogP contribution in [0.1, 0.15) is 0 Å². The first-order valence-corrected chi connectivity index (χ1v) is 11.0. The molecule has 2 atom stereocenters. The van der Waals surface area contributed by atoms with Crippen LogP contribution in [0.15, 0.2) is 29.2 Å². The standard InChI is InChI=1S/C15H23N3O6S2/c1-16(2)26(21,22)18-8-9-24-15-11-17(10-14(15)18)25(19,20)13-6-4-12(23-3)5-7-13/h4-7,14-15H,8-11H2,1-3H3/t14-,15+/m1/s1. The number of rotatable bonds is 5. The Hall–Kier alpha value is -1.24. The van der Waals surface area contributed by atoms with Gasteiger partial charge in [0, 0.05) is 33.7 Å². The second kappa shape index (κ2) is 7.06. The first-order valence-electron chi connectivity index (χ1n) is 8.13. The lowest BCUT2D eigenvalue weighted by Crippen LogP contribution is -2.55. The number of fused-ring (bicyclic) bond motifs is 1. The summed E-state index contributed by atoms with van der Waals surface area (Å²) in [4.78, 5) is 0.138. The van der Waals surface area contributed by atoms with Gasteiger partial charge >= 0.3 is 0 Å². The van der Waals surface area contributed by atoms with E-state index in [9.17, 15) is 16.8 Å². The van der Waals surface area contributed by atoms with Gasteiger partial charge in [0.05, 0.1) is 30.8 Å². The average molecular weight is 405 g/mol. The molecule has 0 bridgehead atoms. The molecule has 0 saturated carbocycles. The first kappa shape index (κ1) is 19.5. The van der Waals surface area contributed by atoms with Crippen LogP contribution in [0.3, 0.4) is 0 Å². The van der Waals surface area contributed by atoms with E-state index in [1.54, 1.807) is 12.1 Å². The molecule has 2 saturated heterocycles. The molecule has 2 aliphatic heterocycles. The normalized spacial score (nSPS) is 25.4. The minimum atomic E-state index is -3.75. The smallest absolute Gasteiger partial charge is 0.281 e. The average Bonchev–Trinajstić information content (AvgIpc) is 3.06. The predicted molar refractivity (Wildman–Crippen MR) is 94.6 cm³/mol. The lowest BCUT2D eigenvalue weighted by atomic mass is 10.2. The number of ether oxygens (including phenoxy) is 2. The largest absolute Gasteiger partial charge is 0.497 e. The van der Waals surface area contributed by atoms with E-state index in [1.165, 1.54) is 41.9 Å². The first-order chi connectivity index (χ1) is 12.2. The van der Waals surface area contributed by atoms with Crippen molar-refractivity contribution in [2.45, 2.75) is 17.0 Å². The van der Waals surface area contributed by atoms with Crippen LogP contribution in [0.25, 0.3) is 0 Å². The maximum Gasteiger partial charge on any atom is 0.281 e. The third-order valence-corrected chi connectivity index (χ3v) is 8.49. The van der Waals surface area contributed by atoms with Gasteiger partial charge in [-0.05, 0) is 24.3 Å². The molecule has 146 valence electrons. The molecule has 2 fully saturated rings. The van der Waals surface area contributed by atoms with E-state index in [1.807, 2.05) is 0 Å².